The Balaban J connectivity index is 3.84. The fraction of sp³-hybridized carbons (Fsp3) is 0.923. The van der Waals surface area contributed by atoms with Crippen LogP contribution in [-0.4, -0.2) is 25.0 Å². The van der Waals surface area contributed by atoms with E-state index in [-0.39, 0.29) is 17.9 Å². The van der Waals surface area contributed by atoms with Gasteiger partial charge in [0.25, 0.3) is 0 Å². The monoisotopic (exact) mass is 228 g/mol. The van der Waals surface area contributed by atoms with Gasteiger partial charge >= 0.3 is 0 Å². The molecule has 3 heteroatoms. The van der Waals surface area contributed by atoms with Crippen LogP contribution in [-0.2, 0) is 4.79 Å². The minimum Gasteiger partial charge on any atom is -0.353 e. The molecular formula is C13H28N2O. The molecule has 1 amide bonds. The smallest absolute Gasteiger partial charge is 0.224 e. The van der Waals surface area contributed by atoms with E-state index in [1.807, 2.05) is 6.92 Å². The van der Waals surface area contributed by atoms with Gasteiger partial charge in [0.2, 0.25) is 5.91 Å². The summed E-state index contributed by atoms with van der Waals surface area (Å²) in [6.45, 7) is 12.2. The number of hydrogen-bond acceptors (Lipinski definition) is 2. The molecule has 0 aliphatic heterocycles. The summed E-state index contributed by atoms with van der Waals surface area (Å²) in [7, 11) is 0. The molecule has 3 nitrogen and oxygen atoms in total. The van der Waals surface area contributed by atoms with Crippen molar-refractivity contribution in [3.8, 4) is 0 Å². The summed E-state index contributed by atoms with van der Waals surface area (Å²) in [4.78, 5) is 11.8. The zero-order valence-corrected chi connectivity index (χ0v) is 11.5. The lowest BCUT2D eigenvalue weighted by Crippen LogP contribution is -2.40. The Kier molecular flexibility index (Phi) is 8.26. The summed E-state index contributed by atoms with van der Waals surface area (Å²) < 4.78 is 0. The van der Waals surface area contributed by atoms with Gasteiger partial charge in [-0.3, -0.25) is 4.79 Å². The van der Waals surface area contributed by atoms with Crippen molar-refractivity contribution in [2.24, 2.45) is 11.8 Å². The van der Waals surface area contributed by atoms with Crippen LogP contribution in [0.25, 0.3) is 0 Å². The van der Waals surface area contributed by atoms with Crippen molar-refractivity contribution in [1.29, 1.82) is 0 Å². The first-order chi connectivity index (χ1) is 7.51. The first-order valence-corrected chi connectivity index (χ1v) is 6.52. The third kappa shape index (κ3) is 6.83. The Labute approximate surface area is 100 Å². The molecule has 0 aromatic rings. The van der Waals surface area contributed by atoms with Gasteiger partial charge in [-0.15, -0.1) is 0 Å². The number of hydrogen-bond donors (Lipinski definition) is 2. The highest BCUT2D eigenvalue weighted by Gasteiger charge is 2.15. The quantitative estimate of drug-likeness (QED) is 0.668. The highest BCUT2D eigenvalue weighted by Crippen LogP contribution is 2.09. The minimum absolute atomic E-state index is 0.0549. The largest absolute Gasteiger partial charge is 0.353 e. The lowest BCUT2D eigenvalue weighted by atomic mass is 10.00. The Hall–Kier alpha value is -0.570. The van der Waals surface area contributed by atoms with Crippen LogP contribution in [0.3, 0.4) is 0 Å². The third-order valence-corrected chi connectivity index (χ3v) is 2.99. The Bertz CT molecular complexity index is 194. The van der Waals surface area contributed by atoms with E-state index in [9.17, 15) is 4.79 Å². The van der Waals surface area contributed by atoms with E-state index in [2.05, 4.69) is 38.3 Å². The van der Waals surface area contributed by atoms with Gasteiger partial charge in [0.05, 0.1) is 0 Å². The number of carbonyl (C=O) groups excluding carboxylic acids is 1. The lowest BCUT2D eigenvalue weighted by molar-refractivity contribution is -0.125. The molecule has 0 heterocycles. The van der Waals surface area contributed by atoms with Gasteiger partial charge < -0.3 is 10.6 Å². The molecule has 3 atom stereocenters. The van der Waals surface area contributed by atoms with Gasteiger partial charge in [0.1, 0.15) is 0 Å². The topological polar surface area (TPSA) is 41.1 Å². The predicted octanol–water partition coefficient (Wildman–Crippen LogP) is 2.17. The van der Waals surface area contributed by atoms with E-state index in [0.717, 1.165) is 19.5 Å². The molecule has 0 bridgehead atoms. The molecule has 0 radical (unpaired) electrons. The molecule has 96 valence electrons. The van der Waals surface area contributed by atoms with Crippen LogP contribution in [0.15, 0.2) is 0 Å². The zero-order chi connectivity index (χ0) is 12.6. The van der Waals surface area contributed by atoms with Crippen molar-refractivity contribution < 1.29 is 4.79 Å². The van der Waals surface area contributed by atoms with E-state index in [4.69, 9.17) is 0 Å². The van der Waals surface area contributed by atoms with Crippen molar-refractivity contribution in [3.63, 3.8) is 0 Å². The number of carbonyl (C=O) groups is 1. The Morgan fingerprint density at radius 2 is 1.81 bits per heavy atom. The van der Waals surface area contributed by atoms with E-state index < -0.39 is 0 Å². The number of nitrogens with one attached hydrogen (secondary N) is 2. The average Bonchev–Trinajstić information content (AvgIpc) is 2.25. The van der Waals surface area contributed by atoms with Crippen molar-refractivity contribution >= 4 is 5.91 Å². The maximum Gasteiger partial charge on any atom is 0.224 e. The Morgan fingerprint density at radius 3 is 2.31 bits per heavy atom. The molecule has 0 rings (SSSR count). The molecular weight excluding hydrogens is 200 g/mol. The van der Waals surface area contributed by atoms with Gasteiger partial charge in [-0.2, -0.15) is 0 Å². The SMILES string of the molecule is CCNCC(C)C(=O)NC(C)CC(C)CC. The number of amides is 1. The maximum absolute atomic E-state index is 11.8. The van der Waals surface area contributed by atoms with Crippen LogP contribution < -0.4 is 10.6 Å². The fourth-order valence-corrected chi connectivity index (χ4v) is 1.67. The molecule has 2 N–H and O–H groups in total. The summed E-state index contributed by atoms with van der Waals surface area (Å²) in [5.41, 5.74) is 0. The Morgan fingerprint density at radius 1 is 1.19 bits per heavy atom. The third-order valence-electron chi connectivity index (χ3n) is 2.99. The van der Waals surface area contributed by atoms with Crippen LogP contribution in [0.4, 0.5) is 0 Å². The van der Waals surface area contributed by atoms with E-state index in [0.29, 0.717) is 5.92 Å². The molecule has 16 heavy (non-hydrogen) atoms. The van der Waals surface area contributed by atoms with E-state index in [1.165, 1.54) is 6.42 Å². The van der Waals surface area contributed by atoms with Crippen LogP contribution in [0.1, 0.15) is 47.5 Å². The molecule has 0 saturated carbocycles. The zero-order valence-electron chi connectivity index (χ0n) is 11.5. The summed E-state index contributed by atoms with van der Waals surface area (Å²) in [5.74, 6) is 0.899. The standard InChI is InChI=1S/C13H28N2O/c1-6-10(3)8-12(5)15-13(16)11(4)9-14-7-2/h10-12,14H,6-9H2,1-5H3,(H,15,16). The van der Waals surface area contributed by atoms with E-state index >= 15 is 0 Å². The van der Waals surface area contributed by atoms with Gasteiger partial charge in [0.15, 0.2) is 0 Å². The summed E-state index contributed by atoms with van der Waals surface area (Å²) in [5, 5.41) is 6.27. The molecule has 0 saturated heterocycles. The maximum atomic E-state index is 11.8. The first-order valence-electron chi connectivity index (χ1n) is 6.52. The molecule has 0 aliphatic rings. The highest BCUT2D eigenvalue weighted by molar-refractivity contribution is 5.78. The summed E-state index contributed by atoms with van der Waals surface area (Å²) >= 11 is 0. The van der Waals surface area contributed by atoms with Crippen LogP contribution in [0, 0.1) is 11.8 Å². The van der Waals surface area contributed by atoms with Crippen LogP contribution in [0.2, 0.25) is 0 Å². The van der Waals surface area contributed by atoms with Crippen molar-refractivity contribution in [2.45, 2.75) is 53.5 Å². The van der Waals surface area contributed by atoms with Crippen molar-refractivity contribution in [2.75, 3.05) is 13.1 Å². The normalized spacial score (nSPS) is 16.6. The highest BCUT2D eigenvalue weighted by atomic mass is 16.1. The summed E-state index contributed by atoms with van der Waals surface area (Å²) in [6.07, 6.45) is 2.24. The van der Waals surface area contributed by atoms with Crippen LogP contribution in [0.5, 0.6) is 0 Å². The minimum atomic E-state index is 0.0549. The molecule has 0 fully saturated rings. The van der Waals surface area contributed by atoms with Gasteiger partial charge in [-0.05, 0) is 25.8 Å². The molecule has 0 aromatic carbocycles. The second kappa shape index (κ2) is 8.57. The average molecular weight is 228 g/mol. The summed E-state index contributed by atoms with van der Waals surface area (Å²) in [6, 6.07) is 0.284. The van der Waals surface area contributed by atoms with Gasteiger partial charge in [0, 0.05) is 18.5 Å². The van der Waals surface area contributed by atoms with Gasteiger partial charge in [-0.25, -0.2) is 0 Å². The van der Waals surface area contributed by atoms with E-state index in [1.54, 1.807) is 0 Å². The molecule has 0 aromatic heterocycles. The van der Waals surface area contributed by atoms with Crippen molar-refractivity contribution in [1.82, 2.24) is 10.6 Å². The fourth-order valence-electron chi connectivity index (χ4n) is 1.67. The predicted molar refractivity (Wildman–Crippen MR) is 69.4 cm³/mol. The second-order valence-electron chi connectivity index (χ2n) is 4.87. The van der Waals surface area contributed by atoms with Crippen molar-refractivity contribution in [3.05, 3.63) is 0 Å². The second-order valence-corrected chi connectivity index (χ2v) is 4.87. The lowest BCUT2D eigenvalue weighted by Gasteiger charge is -2.20. The molecule has 3 unspecified atom stereocenters. The first kappa shape index (κ1) is 15.4. The van der Waals surface area contributed by atoms with Crippen LogP contribution >= 0.6 is 0 Å². The molecule has 0 spiro atoms. The molecule has 0 aliphatic carbocycles. The van der Waals surface area contributed by atoms with Gasteiger partial charge in [-0.1, -0.05) is 34.1 Å². The number of rotatable bonds is 8.